The minimum atomic E-state index is -0.536. The number of pyridine rings is 1. The van der Waals surface area contributed by atoms with Crippen LogP contribution < -0.4 is 10.9 Å². The Morgan fingerprint density at radius 2 is 2.00 bits per heavy atom. The number of nitrogens with one attached hydrogen (secondary N) is 1. The molecule has 1 N–H and O–H groups in total. The van der Waals surface area contributed by atoms with Crippen LogP contribution >= 0.6 is 11.3 Å². The van der Waals surface area contributed by atoms with Gasteiger partial charge < -0.3 is 9.30 Å². The number of nitrogens with zero attached hydrogens (tertiary/aromatic N) is 2. The van der Waals surface area contributed by atoms with Gasteiger partial charge in [-0.1, -0.05) is 24.3 Å². The Morgan fingerprint density at radius 1 is 1.21 bits per heavy atom. The molecule has 29 heavy (non-hydrogen) atoms. The summed E-state index contributed by atoms with van der Waals surface area (Å²) >= 11 is 1.19. The van der Waals surface area contributed by atoms with Crippen LogP contribution in [0, 0.1) is 6.92 Å². The molecule has 2 heterocycles. The van der Waals surface area contributed by atoms with E-state index in [2.05, 4.69) is 10.3 Å². The van der Waals surface area contributed by atoms with Gasteiger partial charge in [-0.25, -0.2) is 4.98 Å². The first-order valence-corrected chi connectivity index (χ1v) is 10.0. The molecule has 8 heteroatoms. The van der Waals surface area contributed by atoms with E-state index in [1.54, 1.807) is 24.6 Å². The van der Waals surface area contributed by atoms with E-state index in [9.17, 15) is 14.4 Å². The predicted octanol–water partition coefficient (Wildman–Crippen LogP) is 3.02. The number of rotatable bonds is 7. The van der Waals surface area contributed by atoms with Gasteiger partial charge in [0.1, 0.15) is 5.56 Å². The third-order valence-electron chi connectivity index (χ3n) is 4.27. The van der Waals surface area contributed by atoms with Crippen LogP contribution in [0.3, 0.4) is 0 Å². The highest BCUT2D eigenvalue weighted by Crippen LogP contribution is 2.17. The Kier molecular flexibility index (Phi) is 6.56. The lowest BCUT2D eigenvalue weighted by atomic mass is 10.1. The molecule has 0 aliphatic heterocycles. The molecular weight excluding hydrogens is 390 g/mol. The van der Waals surface area contributed by atoms with Crippen LogP contribution in [-0.4, -0.2) is 28.0 Å². The molecule has 3 rings (SSSR count). The van der Waals surface area contributed by atoms with Crippen molar-refractivity contribution in [2.45, 2.75) is 26.8 Å². The van der Waals surface area contributed by atoms with E-state index >= 15 is 0 Å². The van der Waals surface area contributed by atoms with Gasteiger partial charge in [-0.05, 0) is 37.1 Å². The third kappa shape index (κ3) is 5.17. The van der Waals surface area contributed by atoms with Crippen molar-refractivity contribution in [1.29, 1.82) is 0 Å². The fourth-order valence-corrected chi connectivity index (χ4v) is 3.48. The molecule has 0 radical (unpaired) electrons. The molecule has 0 unspecified atom stereocenters. The molecule has 2 aromatic heterocycles. The molecule has 0 atom stereocenters. The number of amides is 1. The van der Waals surface area contributed by atoms with Gasteiger partial charge in [0.05, 0.1) is 25.3 Å². The van der Waals surface area contributed by atoms with E-state index in [1.165, 1.54) is 22.0 Å². The van der Waals surface area contributed by atoms with Crippen molar-refractivity contribution in [3.05, 3.63) is 80.7 Å². The fraction of sp³-hybridized carbons (Fsp3) is 0.238. The van der Waals surface area contributed by atoms with Crippen LogP contribution in [0.2, 0.25) is 0 Å². The zero-order chi connectivity index (χ0) is 20.8. The van der Waals surface area contributed by atoms with Crippen LogP contribution in [0.5, 0.6) is 0 Å². The van der Waals surface area contributed by atoms with Crippen LogP contribution in [0.15, 0.2) is 52.8 Å². The molecule has 0 saturated carbocycles. The summed E-state index contributed by atoms with van der Waals surface area (Å²) in [4.78, 5) is 41.1. The van der Waals surface area contributed by atoms with E-state index in [4.69, 9.17) is 4.74 Å². The molecule has 0 saturated heterocycles. The van der Waals surface area contributed by atoms with Crippen LogP contribution in [-0.2, 0) is 22.5 Å². The molecule has 0 aliphatic carbocycles. The van der Waals surface area contributed by atoms with Crippen molar-refractivity contribution in [1.82, 2.24) is 9.55 Å². The predicted molar refractivity (Wildman–Crippen MR) is 111 cm³/mol. The van der Waals surface area contributed by atoms with Crippen molar-refractivity contribution in [3.8, 4) is 0 Å². The first-order chi connectivity index (χ1) is 14.0. The number of hydrogen-bond acceptors (Lipinski definition) is 6. The second-order valence-electron chi connectivity index (χ2n) is 6.36. The third-order valence-corrected chi connectivity index (χ3v) is 5.08. The Morgan fingerprint density at radius 3 is 2.76 bits per heavy atom. The number of carbonyl (C=O) groups is 2. The van der Waals surface area contributed by atoms with Crippen molar-refractivity contribution >= 4 is 28.3 Å². The molecule has 0 aliphatic rings. The monoisotopic (exact) mass is 411 g/mol. The smallest absolute Gasteiger partial charge is 0.311 e. The number of aryl methyl sites for hydroxylation is 1. The number of aromatic nitrogens is 2. The summed E-state index contributed by atoms with van der Waals surface area (Å²) in [6.45, 7) is 4.40. The summed E-state index contributed by atoms with van der Waals surface area (Å²) in [5, 5.41) is 4.63. The Hall–Kier alpha value is -3.26. The lowest BCUT2D eigenvalue weighted by Gasteiger charge is -2.10. The highest BCUT2D eigenvalue weighted by Gasteiger charge is 2.15. The molecule has 3 aromatic rings. The summed E-state index contributed by atoms with van der Waals surface area (Å²) in [5.41, 5.74) is 2.25. The molecule has 0 spiro atoms. The largest absolute Gasteiger partial charge is 0.466 e. The quantitative estimate of drug-likeness (QED) is 0.604. The first kappa shape index (κ1) is 20.5. The van der Waals surface area contributed by atoms with Crippen LogP contribution in [0.4, 0.5) is 5.13 Å². The topological polar surface area (TPSA) is 90.3 Å². The highest BCUT2D eigenvalue weighted by molar-refractivity contribution is 7.14. The van der Waals surface area contributed by atoms with Gasteiger partial charge in [0.2, 0.25) is 0 Å². The minimum absolute atomic E-state index is 0.0308. The van der Waals surface area contributed by atoms with Crippen molar-refractivity contribution in [2.75, 3.05) is 11.9 Å². The van der Waals surface area contributed by atoms with Crippen molar-refractivity contribution in [2.24, 2.45) is 0 Å². The zero-order valence-electron chi connectivity index (χ0n) is 16.2. The lowest BCUT2D eigenvalue weighted by molar-refractivity contribution is -0.142. The number of ether oxygens (including phenoxy) is 1. The summed E-state index contributed by atoms with van der Waals surface area (Å²) in [7, 11) is 0. The van der Waals surface area contributed by atoms with Gasteiger partial charge in [0.15, 0.2) is 5.13 Å². The maximum Gasteiger partial charge on any atom is 0.311 e. The van der Waals surface area contributed by atoms with E-state index < -0.39 is 5.91 Å². The van der Waals surface area contributed by atoms with Crippen LogP contribution in [0.25, 0.3) is 0 Å². The van der Waals surface area contributed by atoms with Crippen molar-refractivity contribution < 1.29 is 14.3 Å². The maximum absolute atomic E-state index is 12.8. The maximum atomic E-state index is 12.8. The SMILES string of the molecule is CCOC(=O)Cc1csc(NC(=O)c2cccn(Cc3ccccc3C)c2=O)n1. The number of esters is 1. The van der Waals surface area contributed by atoms with Crippen molar-refractivity contribution in [3.63, 3.8) is 0 Å². The summed E-state index contributed by atoms with van der Waals surface area (Å²) < 4.78 is 6.39. The summed E-state index contributed by atoms with van der Waals surface area (Å²) in [5.74, 6) is -0.913. The number of carbonyl (C=O) groups excluding carboxylic acids is 2. The summed E-state index contributed by atoms with van der Waals surface area (Å²) in [6.07, 6.45) is 1.70. The molecule has 1 amide bonds. The Labute approximate surface area is 172 Å². The molecular formula is C21H21N3O4S. The van der Waals surface area contributed by atoms with Gasteiger partial charge >= 0.3 is 5.97 Å². The number of hydrogen-bond donors (Lipinski definition) is 1. The average molecular weight is 411 g/mol. The standard InChI is InChI=1S/C21H21N3O4S/c1-3-28-18(25)11-16-13-29-21(22-16)23-19(26)17-9-6-10-24(20(17)27)12-15-8-5-4-7-14(15)2/h4-10,13H,3,11-12H2,1-2H3,(H,22,23,26). The Balaban J connectivity index is 1.73. The van der Waals surface area contributed by atoms with E-state index in [0.29, 0.717) is 24.0 Å². The lowest BCUT2D eigenvalue weighted by Crippen LogP contribution is -2.29. The average Bonchev–Trinajstić information content (AvgIpc) is 3.11. The van der Waals surface area contributed by atoms with Gasteiger partial charge in [-0.3, -0.25) is 19.7 Å². The van der Waals surface area contributed by atoms with Gasteiger partial charge in [-0.2, -0.15) is 0 Å². The molecule has 7 nitrogen and oxygen atoms in total. The second-order valence-corrected chi connectivity index (χ2v) is 7.22. The second kappa shape index (κ2) is 9.29. The van der Waals surface area contributed by atoms with E-state index in [-0.39, 0.29) is 23.5 Å². The van der Waals surface area contributed by atoms with Crippen LogP contribution in [0.1, 0.15) is 34.1 Å². The summed E-state index contributed by atoms with van der Waals surface area (Å²) in [6, 6.07) is 10.9. The molecule has 1 aromatic carbocycles. The highest BCUT2D eigenvalue weighted by atomic mass is 32.1. The van der Waals surface area contributed by atoms with Gasteiger partial charge in [0.25, 0.3) is 11.5 Å². The number of benzene rings is 1. The number of anilines is 1. The fourth-order valence-electron chi connectivity index (χ4n) is 2.78. The minimum Gasteiger partial charge on any atom is -0.466 e. The molecule has 150 valence electrons. The molecule has 0 fully saturated rings. The van der Waals surface area contributed by atoms with Gasteiger partial charge in [0, 0.05) is 11.6 Å². The van der Waals surface area contributed by atoms with Gasteiger partial charge in [-0.15, -0.1) is 11.3 Å². The number of thiazole rings is 1. The Bertz CT molecular complexity index is 1090. The first-order valence-electron chi connectivity index (χ1n) is 9.13. The molecule has 0 bridgehead atoms. The van der Waals surface area contributed by atoms with E-state index in [1.807, 2.05) is 31.2 Å². The normalized spacial score (nSPS) is 10.6. The zero-order valence-corrected chi connectivity index (χ0v) is 17.0. The van der Waals surface area contributed by atoms with E-state index in [0.717, 1.165) is 11.1 Å².